The van der Waals surface area contributed by atoms with Gasteiger partial charge < -0.3 is 10.6 Å². The molecular weight excluding hydrogens is 338 g/mol. The molecule has 2 aromatic heterocycles. The van der Waals surface area contributed by atoms with Crippen molar-refractivity contribution in [1.82, 2.24) is 30.5 Å². The predicted octanol–water partition coefficient (Wildman–Crippen LogP) is 2.93. The number of rotatable bonds is 4. The van der Waals surface area contributed by atoms with Gasteiger partial charge in [0.15, 0.2) is 5.82 Å². The lowest BCUT2D eigenvalue weighted by Gasteiger charge is -2.14. The Morgan fingerprint density at radius 3 is 2.72 bits per heavy atom. The number of anilines is 1. The number of thiazole rings is 1. The maximum atomic E-state index is 12.3. The summed E-state index contributed by atoms with van der Waals surface area (Å²) < 4.78 is 1.60. The molecular formula is C16H19N7OS. The van der Waals surface area contributed by atoms with Crippen molar-refractivity contribution >= 4 is 23.1 Å². The second-order valence-corrected chi connectivity index (χ2v) is 7.09. The van der Waals surface area contributed by atoms with Crippen LogP contribution < -0.4 is 10.6 Å². The summed E-state index contributed by atoms with van der Waals surface area (Å²) in [4.78, 5) is 17.9. The largest absolute Gasteiger partial charge is 0.330 e. The molecule has 0 bridgehead atoms. The van der Waals surface area contributed by atoms with Crippen LogP contribution in [0.1, 0.15) is 34.4 Å². The molecule has 2 heterocycles. The average Bonchev–Trinajstić information content (AvgIpc) is 3.12. The highest BCUT2D eigenvalue weighted by Crippen LogP contribution is 2.22. The van der Waals surface area contributed by atoms with Gasteiger partial charge in [0.2, 0.25) is 0 Å². The van der Waals surface area contributed by atoms with E-state index >= 15 is 0 Å². The first-order chi connectivity index (χ1) is 11.9. The van der Waals surface area contributed by atoms with E-state index in [-0.39, 0.29) is 12.1 Å². The molecule has 1 unspecified atom stereocenters. The van der Waals surface area contributed by atoms with Crippen LogP contribution in [0.15, 0.2) is 24.3 Å². The van der Waals surface area contributed by atoms with Crippen molar-refractivity contribution in [3.05, 3.63) is 45.7 Å². The van der Waals surface area contributed by atoms with Crippen molar-refractivity contribution in [3.8, 4) is 5.69 Å². The molecule has 0 aliphatic heterocycles. The van der Waals surface area contributed by atoms with E-state index in [1.165, 1.54) is 0 Å². The average molecular weight is 357 g/mol. The van der Waals surface area contributed by atoms with Gasteiger partial charge in [-0.05, 0) is 56.3 Å². The quantitative estimate of drug-likeness (QED) is 0.748. The third kappa shape index (κ3) is 3.82. The van der Waals surface area contributed by atoms with E-state index in [1.807, 2.05) is 52.0 Å². The summed E-state index contributed by atoms with van der Waals surface area (Å²) >= 11 is 1.63. The number of nitrogens with zero attached hydrogens (tertiary/aromatic N) is 5. The standard InChI is InChI=1S/C16H19N7OS/c1-9(15-10(2)25-12(4)18-15)17-16(24)19-13-6-5-7-14(8-13)23-11(3)20-21-22-23/h5-9H,1-4H3,(H2,17,19,24). The number of aromatic nitrogens is 5. The number of nitrogens with one attached hydrogen (secondary N) is 2. The Morgan fingerprint density at radius 1 is 1.28 bits per heavy atom. The summed E-state index contributed by atoms with van der Waals surface area (Å²) in [6.45, 7) is 7.70. The highest BCUT2D eigenvalue weighted by atomic mass is 32.1. The Hall–Kier alpha value is -2.81. The van der Waals surface area contributed by atoms with Gasteiger partial charge in [-0.3, -0.25) is 0 Å². The van der Waals surface area contributed by atoms with Crippen molar-refractivity contribution in [2.24, 2.45) is 0 Å². The first-order valence-electron chi connectivity index (χ1n) is 7.81. The number of urea groups is 1. The van der Waals surface area contributed by atoms with Gasteiger partial charge in [0.25, 0.3) is 0 Å². The highest BCUT2D eigenvalue weighted by molar-refractivity contribution is 7.11. The molecule has 0 spiro atoms. The van der Waals surface area contributed by atoms with Crippen molar-refractivity contribution in [2.45, 2.75) is 33.7 Å². The lowest BCUT2D eigenvalue weighted by atomic mass is 10.2. The van der Waals surface area contributed by atoms with Crippen LogP contribution in [-0.2, 0) is 0 Å². The zero-order valence-electron chi connectivity index (χ0n) is 14.4. The fourth-order valence-electron chi connectivity index (χ4n) is 2.56. The Labute approximate surface area is 149 Å². The van der Waals surface area contributed by atoms with Crippen LogP contribution in [0, 0.1) is 20.8 Å². The Bertz CT molecular complexity index is 902. The van der Waals surface area contributed by atoms with Crippen LogP contribution >= 0.6 is 11.3 Å². The van der Waals surface area contributed by atoms with E-state index in [4.69, 9.17) is 0 Å². The topological polar surface area (TPSA) is 97.6 Å². The zero-order chi connectivity index (χ0) is 18.0. The lowest BCUT2D eigenvalue weighted by molar-refractivity contribution is 0.249. The summed E-state index contributed by atoms with van der Waals surface area (Å²) in [5.41, 5.74) is 2.33. The van der Waals surface area contributed by atoms with Gasteiger partial charge in [0, 0.05) is 10.6 Å². The van der Waals surface area contributed by atoms with Gasteiger partial charge in [-0.2, -0.15) is 4.68 Å². The first kappa shape index (κ1) is 17.0. The summed E-state index contributed by atoms with van der Waals surface area (Å²) in [7, 11) is 0. The normalized spacial score (nSPS) is 12.0. The van der Waals surface area contributed by atoms with Crippen molar-refractivity contribution in [3.63, 3.8) is 0 Å². The molecule has 3 aromatic rings. The number of carbonyl (C=O) groups is 1. The molecule has 130 valence electrons. The Kier molecular flexibility index (Phi) is 4.75. The second kappa shape index (κ2) is 6.98. The first-order valence-corrected chi connectivity index (χ1v) is 8.62. The number of hydrogen-bond acceptors (Lipinski definition) is 6. The minimum atomic E-state index is -0.289. The number of aryl methyl sites for hydroxylation is 3. The predicted molar refractivity (Wildman–Crippen MR) is 96.0 cm³/mol. The van der Waals surface area contributed by atoms with E-state index in [0.717, 1.165) is 21.3 Å². The molecule has 0 saturated carbocycles. The van der Waals surface area contributed by atoms with Gasteiger partial charge in [0.1, 0.15) is 0 Å². The molecule has 0 aliphatic rings. The summed E-state index contributed by atoms with van der Waals surface area (Å²) in [5, 5.41) is 18.2. The molecule has 0 radical (unpaired) electrons. The van der Waals surface area contributed by atoms with E-state index in [0.29, 0.717) is 11.5 Å². The Balaban J connectivity index is 1.69. The van der Waals surface area contributed by atoms with Crippen molar-refractivity contribution in [2.75, 3.05) is 5.32 Å². The summed E-state index contributed by atoms with van der Waals surface area (Å²) in [5.74, 6) is 0.671. The number of benzene rings is 1. The molecule has 8 nitrogen and oxygen atoms in total. The zero-order valence-corrected chi connectivity index (χ0v) is 15.3. The van der Waals surface area contributed by atoms with Gasteiger partial charge in [-0.15, -0.1) is 16.4 Å². The Morgan fingerprint density at radius 2 is 2.08 bits per heavy atom. The second-order valence-electron chi connectivity index (χ2n) is 5.68. The van der Waals surface area contributed by atoms with E-state index < -0.39 is 0 Å². The smallest absolute Gasteiger partial charge is 0.319 e. The minimum absolute atomic E-state index is 0.171. The van der Waals surface area contributed by atoms with Crippen molar-refractivity contribution in [1.29, 1.82) is 0 Å². The number of amides is 2. The molecule has 0 saturated heterocycles. The maximum absolute atomic E-state index is 12.3. The lowest BCUT2D eigenvalue weighted by Crippen LogP contribution is -2.31. The molecule has 9 heteroatoms. The SMILES string of the molecule is Cc1nc(C(C)NC(=O)Nc2cccc(-n3nnnc3C)c2)c(C)s1. The number of hydrogen-bond donors (Lipinski definition) is 2. The minimum Gasteiger partial charge on any atom is -0.330 e. The summed E-state index contributed by atoms with van der Waals surface area (Å²) in [6.07, 6.45) is 0. The third-order valence-corrected chi connectivity index (χ3v) is 4.57. The van der Waals surface area contributed by atoms with Gasteiger partial charge in [-0.25, -0.2) is 9.78 Å². The van der Waals surface area contributed by atoms with Crippen LogP contribution in [0.2, 0.25) is 0 Å². The molecule has 25 heavy (non-hydrogen) atoms. The van der Waals surface area contributed by atoms with Crippen LogP contribution in [0.3, 0.4) is 0 Å². The van der Waals surface area contributed by atoms with Gasteiger partial charge in [0.05, 0.1) is 22.4 Å². The fourth-order valence-corrected chi connectivity index (χ4v) is 3.48. The highest BCUT2D eigenvalue weighted by Gasteiger charge is 2.15. The molecule has 1 aromatic carbocycles. The number of tetrazole rings is 1. The third-order valence-electron chi connectivity index (χ3n) is 3.67. The van der Waals surface area contributed by atoms with E-state index in [2.05, 4.69) is 31.1 Å². The van der Waals surface area contributed by atoms with Crippen LogP contribution in [-0.4, -0.2) is 31.2 Å². The van der Waals surface area contributed by atoms with Gasteiger partial charge >= 0.3 is 6.03 Å². The van der Waals surface area contributed by atoms with Crippen LogP contribution in [0.25, 0.3) is 5.69 Å². The molecule has 0 fully saturated rings. The van der Waals surface area contributed by atoms with Gasteiger partial charge in [-0.1, -0.05) is 6.07 Å². The molecule has 0 aliphatic carbocycles. The summed E-state index contributed by atoms with van der Waals surface area (Å²) in [6, 6.07) is 6.87. The van der Waals surface area contributed by atoms with E-state index in [1.54, 1.807) is 16.0 Å². The molecule has 2 amide bonds. The number of carbonyl (C=O) groups excluding carboxylic acids is 1. The maximum Gasteiger partial charge on any atom is 0.319 e. The monoisotopic (exact) mass is 357 g/mol. The van der Waals surface area contributed by atoms with E-state index in [9.17, 15) is 4.79 Å². The van der Waals surface area contributed by atoms with Crippen molar-refractivity contribution < 1.29 is 4.79 Å². The fraction of sp³-hybridized carbons (Fsp3) is 0.312. The molecule has 1 atom stereocenters. The molecule has 2 N–H and O–H groups in total. The molecule has 3 rings (SSSR count). The van der Waals surface area contributed by atoms with Crippen LogP contribution in [0.5, 0.6) is 0 Å². The van der Waals surface area contributed by atoms with Crippen LogP contribution in [0.4, 0.5) is 10.5 Å².